The summed E-state index contributed by atoms with van der Waals surface area (Å²) < 4.78 is 0. The highest BCUT2D eigenvalue weighted by Gasteiger charge is 2.51. The summed E-state index contributed by atoms with van der Waals surface area (Å²) in [6.07, 6.45) is 40.4. The van der Waals surface area contributed by atoms with E-state index in [1.165, 1.54) is 193 Å². The van der Waals surface area contributed by atoms with Crippen molar-refractivity contribution in [3.8, 4) is 0 Å². The van der Waals surface area contributed by atoms with Gasteiger partial charge in [-0.1, -0.05) is 156 Å². The minimum absolute atomic E-state index is 0.147. The minimum atomic E-state index is -0.758. The smallest absolute Gasteiger partial charge is 0.172 e. The Bertz CT molecular complexity index is 1650. The molecule has 4 saturated carbocycles. The molecule has 0 heterocycles. The van der Waals surface area contributed by atoms with E-state index in [4.69, 9.17) is 0 Å². The standard InChI is InChI=1S/C54H87S.C11H16O2/c1-10-19-28-43-37-46(31-22-13-4)52(47(38-43)32-23-14-5)55(53-48(33-24-15-6)39-44(29-20-11-2)40-49(53)34-25-16-7)54-50(35-26-17-8)41-45(30-21-12-3)42-51(54)36-27-18-9;12-10(13)11-4-7-1-8(5-11)3-9(2-7)6-11/h37-42H,10-36H2,1-9H3;7-9H,1-6H2,(H,12,13)/q+1;/p-1. The second-order valence-corrected chi connectivity index (χ2v) is 24.3. The first kappa shape index (κ1) is 56.4. The average molecular weight is 948 g/mol. The Morgan fingerprint density at radius 3 is 0.794 bits per heavy atom. The number of hydrogen-bond acceptors (Lipinski definition) is 2. The van der Waals surface area contributed by atoms with E-state index in [0.29, 0.717) is 17.8 Å². The Kier molecular flexibility index (Phi) is 24.7. The fourth-order valence-electron chi connectivity index (χ4n) is 12.8. The second kappa shape index (κ2) is 29.7. The Morgan fingerprint density at radius 1 is 0.397 bits per heavy atom. The maximum atomic E-state index is 11.1. The summed E-state index contributed by atoms with van der Waals surface area (Å²) in [6.45, 7) is 21.5. The maximum Gasteiger partial charge on any atom is 0.172 e. The summed E-state index contributed by atoms with van der Waals surface area (Å²) in [6, 6.07) is 16.4. The Balaban J connectivity index is 0.000000559. The lowest BCUT2D eigenvalue weighted by atomic mass is 9.49. The minimum Gasteiger partial charge on any atom is -0.550 e. The van der Waals surface area contributed by atoms with Crippen LogP contribution in [0, 0.1) is 23.2 Å². The molecule has 4 aliphatic carbocycles. The van der Waals surface area contributed by atoms with Crippen LogP contribution in [0.3, 0.4) is 0 Å². The summed E-state index contributed by atoms with van der Waals surface area (Å²) in [4.78, 5) is 16.4. The van der Waals surface area contributed by atoms with E-state index < -0.39 is 11.4 Å². The summed E-state index contributed by atoms with van der Waals surface area (Å²) in [5.41, 5.74) is 14.6. The van der Waals surface area contributed by atoms with Gasteiger partial charge >= 0.3 is 0 Å². The van der Waals surface area contributed by atoms with Crippen LogP contribution in [-0.2, 0) is 73.5 Å². The third-order valence-corrected chi connectivity index (χ3v) is 19.0. The highest BCUT2D eigenvalue weighted by molar-refractivity contribution is 7.97. The monoisotopic (exact) mass is 947 g/mol. The van der Waals surface area contributed by atoms with Crippen LogP contribution in [0.4, 0.5) is 0 Å². The van der Waals surface area contributed by atoms with Gasteiger partial charge in [-0.15, -0.1) is 0 Å². The van der Waals surface area contributed by atoms with Crippen LogP contribution in [0.15, 0.2) is 51.1 Å². The van der Waals surface area contributed by atoms with Crippen LogP contribution in [-0.4, -0.2) is 5.97 Å². The molecule has 0 radical (unpaired) electrons. The van der Waals surface area contributed by atoms with Crippen LogP contribution in [0.2, 0.25) is 0 Å². The predicted molar refractivity (Wildman–Crippen MR) is 295 cm³/mol. The number of aliphatic carboxylic acids is 1. The molecule has 7 rings (SSSR count). The molecule has 4 aliphatic rings. The van der Waals surface area contributed by atoms with E-state index in [1.54, 1.807) is 64.8 Å². The predicted octanol–water partition coefficient (Wildman–Crippen LogP) is 17.8. The zero-order valence-corrected chi connectivity index (χ0v) is 46.6. The second-order valence-electron chi connectivity index (χ2n) is 22.5. The molecule has 3 aromatic rings. The fraction of sp³-hybridized carbons (Fsp3) is 0.708. The molecule has 0 aliphatic heterocycles. The van der Waals surface area contributed by atoms with E-state index in [-0.39, 0.29) is 10.9 Å². The van der Waals surface area contributed by atoms with Gasteiger partial charge in [-0.2, -0.15) is 0 Å². The lowest BCUT2D eigenvalue weighted by molar-refractivity contribution is -0.327. The number of carbonyl (C=O) groups is 1. The Labute approximate surface area is 423 Å². The van der Waals surface area contributed by atoms with Crippen molar-refractivity contribution in [1.29, 1.82) is 0 Å². The molecule has 68 heavy (non-hydrogen) atoms. The van der Waals surface area contributed by atoms with Crippen LogP contribution in [0.5, 0.6) is 0 Å². The van der Waals surface area contributed by atoms with E-state index in [2.05, 4.69) is 98.7 Å². The first-order valence-electron chi connectivity index (χ1n) is 29.5. The van der Waals surface area contributed by atoms with Gasteiger partial charge in [0.2, 0.25) is 0 Å². The molecule has 0 atom stereocenters. The number of rotatable bonds is 31. The van der Waals surface area contributed by atoms with Gasteiger partial charge < -0.3 is 9.90 Å². The molecular weight excluding hydrogens is 845 g/mol. The number of carboxylic acid groups (broad SMARTS) is 1. The quantitative estimate of drug-likeness (QED) is 0.0603. The molecule has 0 spiro atoms. The van der Waals surface area contributed by atoms with Gasteiger partial charge in [0.05, 0.1) is 0 Å². The number of aryl methyl sites for hydroxylation is 9. The van der Waals surface area contributed by atoms with Crippen molar-refractivity contribution < 1.29 is 9.90 Å². The number of unbranched alkanes of at least 4 members (excludes halogenated alkanes) is 9. The van der Waals surface area contributed by atoms with E-state index in [9.17, 15) is 9.90 Å². The molecule has 0 unspecified atom stereocenters. The first-order valence-corrected chi connectivity index (χ1v) is 30.7. The van der Waals surface area contributed by atoms with Crippen LogP contribution in [0.1, 0.15) is 266 Å². The SMILES string of the molecule is CCCCc1cc(CCCC)c([S+](c2c(CCCC)cc(CCCC)cc2CCCC)c2c(CCCC)cc(CCCC)cc2CCCC)c(CCCC)c1.O=C([O-])C12CC3CC(CC(C3)C1)C2. The Morgan fingerprint density at radius 2 is 0.603 bits per heavy atom. The van der Waals surface area contributed by atoms with E-state index in [1.807, 2.05) is 0 Å². The normalized spacial score (nSPS) is 19.5. The third-order valence-electron chi connectivity index (χ3n) is 16.2. The summed E-state index contributed by atoms with van der Waals surface area (Å²) in [7, 11) is -0.147. The van der Waals surface area contributed by atoms with Crippen LogP contribution in [0.25, 0.3) is 0 Å². The summed E-state index contributed by atoms with van der Waals surface area (Å²) in [5.74, 6) is 1.38. The number of benzene rings is 3. The molecule has 3 heteroatoms. The number of hydrogen-bond donors (Lipinski definition) is 0. The van der Waals surface area contributed by atoms with Crippen molar-refractivity contribution in [2.24, 2.45) is 23.2 Å². The first-order chi connectivity index (χ1) is 33.1. The van der Waals surface area contributed by atoms with Crippen molar-refractivity contribution in [3.05, 3.63) is 86.5 Å². The van der Waals surface area contributed by atoms with Crippen molar-refractivity contribution >= 4 is 16.9 Å². The molecular formula is C65H102O2S. The molecule has 3 aromatic carbocycles. The molecule has 4 bridgehead atoms. The van der Waals surface area contributed by atoms with Gasteiger partial charge in [-0.05, 0) is 189 Å². The molecule has 0 N–H and O–H groups in total. The Hall–Kier alpha value is -2.52. The fourth-order valence-corrected chi connectivity index (χ4v) is 16.0. The molecule has 2 nitrogen and oxygen atoms in total. The molecule has 0 amide bonds. The molecule has 0 aromatic heterocycles. The highest BCUT2D eigenvalue weighted by Crippen LogP contribution is 2.59. The van der Waals surface area contributed by atoms with Gasteiger partial charge in [0.25, 0.3) is 0 Å². The summed E-state index contributed by atoms with van der Waals surface area (Å²) >= 11 is 0. The lowest BCUT2D eigenvalue weighted by Crippen LogP contribution is -2.54. The van der Waals surface area contributed by atoms with Gasteiger partial charge in [-0.3, -0.25) is 0 Å². The summed E-state index contributed by atoms with van der Waals surface area (Å²) in [5, 5.41) is 11.1. The van der Waals surface area contributed by atoms with Gasteiger partial charge in [0.15, 0.2) is 14.7 Å². The van der Waals surface area contributed by atoms with Crippen molar-refractivity contribution in [2.45, 2.75) is 289 Å². The third kappa shape index (κ3) is 15.5. The van der Waals surface area contributed by atoms with E-state index >= 15 is 0 Å². The lowest BCUT2D eigenvalue weighted by Gasteiger charge is -2.57. The van der Waals surface area contributed by atoms with Crippen LogP contribution >= 0.6 is 0 Å². The van der Waals surface area contributed by atoms with Gasteiger partial charge in [0, 0.05) is 44.8 Å². The molecule has 4 fully saturated rings. The van der Waals surface area contributed by atoms with Gasteiger partial charge in [0.1, 0.15) is 10.9 Å². The molecule has 0 saturated heterocycles. The average Bonchev–Trinajstić information content (AvgIpc) is 3.33. The highest BCUT2D eigenvalue weighted by atomic mass is 32.2. The zero-order chi connectivity index (χ0) is 48.9. The number of carbonyl (C=O) groups excluding carboxylic acids is 1. The van der Waals surface area contributed by atoms with Gasteiger partial charge in [-0.25, -0.2) is 0 Å². The van der Waals surface area contributed by atoms with Crippen molar-refractivity contribution in [2.75, 3.05) is 0 Å². The van der Waals surface area contributed by atoms with Crippen molar-refractivity contribution in [1.82, 2.24) is 0 Å². The topological polar surface area (TPSA) is 40.1 Å². The van der Waals surface area contributed by atoms with Crippen molar-refractivity contribution in [3.63, 3.8) is 0 Å². The number of carboxylic acids is 1. The van der Waals surface area contributed by atoms with E-state index in [0.717, 1.165) is 19.3 Å². The largest absolute Gasteiger partial charge is 0.550 e. The maximum absolute atomic E-state index is 11.1. The zero-order valence-electron chi connectivity index (χ0n) is 45.8. The molecule has 380 valence electrons. The van der Waals surface area contributed by atoms with Crippen LogP contribution < -0.4 is 5.11 Å².